The zero-order valence-electron chi connectivity index (χ0n) is 17.1. The van der Waals surface area contributed by atoms with E-state index in [-0.39, 0.29) is 0 Å². The molecule has 1 fully saturated rings. The average Bonchev–Trinajstić information content (AvgIpc) is 3.39. The summed E-state index contributed by atoms with van der Waals surface area (Å²) in [6.45, 7) is 8.09. The van der Waals surface area contributed by atoms with Gasteiger partial charge in [-0.25, -0.2) is 0 Å². The Hall–Kier alpha value is -2.05. The third kappa shape index (κ3) is 5.97. The molecular weight excluding hydrogens is 370 g/mol. The Balaban J connectivity index is 1.54. The second kappa shape index (κ2) is 10.5. The van der Waals surface area contributed by atoms with E-state index in [1.807, 2.05) is 11.3 Å². The topological polar surface area (TPSA) is 54.9 Å². The van der Waals surface area contributed by atoms with Crippen molar-refractivity contribution in [2.45, 2.75) is 39.8 Å². The molecule has 0 amide bonds. The molecule has 1 aromatic heterocycles. The average molecular weight is 402 g/mol. The van der Waals surface area contributed by atoms with E-state index in [2.05, 4.69) is 59.8 Å². The number of hydrogen-bond acceptors (Lipinski definition) is 4. The monoisotopic (exact) mass is 401 g/mol. The van der Waals surface area contributed by atoms with Crippen LogP contribution in [0.15, 0.2) is 35.3 Å². The Morgan fingerprint density at radius 1 is 1.21 bits per heavy atom. The Kier molecular flexibility index (Phi) is 7.74. The maximum atomic E-state index is 6.13. The molecule has 0 saturated carbocycles. The molecule has 1 aromatic carbocycles. The molecule has 5 nitrogen and oxygen atoms in total. The first-order chi connectivity index (χ1) is 13.7. The molecular formula is C22H31N3O2S. The molecule has 0 aliphatic carbocycles. The Morgan fingerprint density at radius 2 is 2.04 bits per heavy atom. The first-order valence-electron chi connectivity index (χ1n) is 10.00. The van der Waals surface area contributed by atoms with Crippen LogP contribution in [0.3, 0.4) is 0 Å². The number of ether oxygens (including phenoxy) is 2. The van der Waals surface area contributed by atoms with Crippen molar-refractivity contribution in [2.75, 3.05) is 26.9 Å². The molecule has 6 heteroatoms. The van der Waals surface area contributed by atoms with Crippen LogP contribution in [0.5, 0.6) is 5.75 Å². The van der Waals surface area contributed by atoms with E-state index in [1.54, 1.807) is 7.05 Å². The van der Waals surface area contributed by atoms with Gasteiger partial charge in [0.15, 0.2) is 5.96 Å². The second-order valence-corrected chi connectivity index (χ2v) is 8.41. The van der Waals surface area contributed by atoms with Gasteiger partial charge in [-0.2, -0.15) is 0 Å². The molecule has 0 bridgehead atoms. The van der Waals surface area contributed by atoms with Gasteiger partial charge in [-0.3, -0.25) is 4.99 Å². The van der Waals surface area contributed by atoms with Crippen molar-refractivity contribution >= 4 is 17.3 Å². The summed E-state index contributed by atoms with van der Waals surface area (Å²) < 4.78 is 11.6. The zero-order valence-corrected chi connectivity index (χ0v) is 17.9. The largest absolute Gasteiger partial charge is 0.493 e. The summed E-state index contributed by atoms with van der Waals surface area (Å²) in [5.74, 6) is 2.23. The molecule has 28 heavy (non-hydrogen) atoms. The maximum Gasteiger partial charge on any atom is 0.191 e. The van der Waals surface area contributed by atoms with Crippen molar-refractivity contribution in [3.63, 3.8) is 0 Å². The van der Waals surface area contributed by atoms with E-state index >= 15 is 0 Å². The van der Waals surface area contributed by atoms with Crippen LogP contribution in [0.1, 0.15) is 34.2 Å². The maximum absolute atomic E-state index is 6.13. The molecule has 2 heterocycles. The van der Waals surface area contributed by atoms with E-state index in [1.165, 1.54) is 15.3 Å². The van der Waals surface area contributed by atoms with E-state index in [0.29, 0.717) is 19.1 Å². The number of hydrogen-bond donors (Lipinski definition) is 2. The summed E-state index contributed by atoms with van der Waals surface area (Å²) in [6.07, 6.45) is 2.17. The highest BCUT2D eigenvalue weighted by Crippen LogP contribution is 2.23. The quantitative estimate of drug-likeness (QED) is 0.520. The van der Waals surface area contributed by atoms with Crippen LogP contribution < -0.4 is 15.4 Å². The first-order valence-corrected chi connectivity index (χ1v) is 10.8. The Bertz CT molecular complexity index is 782. The number of thiophene rings is 1. The molecule has 1 unspecified atom stereocenters. The molecule has 0 radical (unpaired) electrons. The lowest BCUT2D eigenvalue weighted by Crippen LogP contribution is -2.36. The number of benzene rings is 1. The summed E-state index contributed by atoms with van der Waals surface area (Å²) in [7, 11) is 1.80. The lowest BCUT2D eigenvalue weighted by molar-refractivity contribution is 0.166. The van der Waals surface area contributed by atoms with Gasteiger partial charge in [0.25, 0.3) is 0 Å². The van der Waals surface area contributed by atoms with E-state index in [4.69, 9.17) is 9.47 Å². The molecule has 2 N–H and O–H groups in total. The SMILES string of the molecule is CCc1ccc(CNC(=NC)NCc2ccc(C)cc2OCC2CCOC2)s1. The van der Waals surface area contributed by atoms with Crippen LogP contribution in [0.25, 0.3) is 0 Å². The second-order valence-electron chi connectivity index (χ2n) is 7.15. The fraction of sp³-hybridized carbons (Fsp3) is 0.500. The lowest BCUT2D eigenvalue weighted by Gasteiger charge is -2.16. The fourth-order valence-corrected chi connectivity index (χ4v) is 4.04. The van der Waals surface area contributed by atoms with Crippen LogP contribution in [-0.2, 0) is 24.2 Å². The predicted octanol–water partition coefficient (Wildman–Crippen LogP) is 3.90. The molecule has 1 atom stereocenters. The summed E-state index contributed by atoms with van der Waals surface area (Å²) >= 11 is 1.85. The highest BCUT2D eigenvalue weighted by atomic mass is 32.1. The molecule has 2 aromatic rings. The van der Waals surface area contributed by atoms with Crippen molar-refractivity contribution in [3.8, 4) is 5.75 Å². The van der Waals surface area contributed by atoms with Crippen LogP contribution in [0, 0.1) is 12.8 Å². The van der Waals surface area contributed by atoms with E-state index in [0.717, 1.165) is 49.9 Å². The number of nitrogens with one attached hydrogen (secondary N) is 2. The first kappa shape index (κ1) is 20.7. The van der Waals surface area contributed by atoms with Gasteiger partial charge in [-0.1, -0.05) is 19.1 Å². The lowest BCUT2D eigenvalue weighted by atomic mass is 10.1. The van der Waals surface area contributed by atoms with Crippen molar-refractivity contribution < 1.29 is 9.47 Å². The van der Waals surface area contributed by atoms with Crippen LogP contribution in [0.2, 0.25) is 0 Å². The number of guanidine groups is 1. The molecule has 152 valence electrons. The van der Waals surface area contributed by atoms with Gasteiger partial charge in [0.1, 0.15) is 5.75 Å². The van der Waals surface area contributed by atoms with Crippen molar-refractivity contribution in [1.82, 2.24) is 10.6 Å². The standard InChI is InChI=1S/C22H31N3O2S/c1-4-19-7-8-20(28-19)13-25-22(23-3)24-12-18-6-5-16(2)11-21(18)27-15-17-9-10-26-14-17/h5-8,11,17H,4,9-10,12-15H2,1-3H3,(H2,23,24,25). The van der Waals surface area contributed by atoms with E-state index in [9.17, 15) is 0 Å². The normalized spacial score (nSPS) is 17.0. The van der Waals surface area contributed by atoms with Crippen LogP contribution in [-0.4, -0.2) is 32.8 Å². The third-order valence-electron chi connectivity index (χ3n) is 4.89. The Morgan fingerprint density at radius 3 is 2.75 bits per heavy atom. The number of aryl methyl sites for hydroxylation is 2. The van der Waals surface area contributed by atoms with Gasteiger partial charge >= 0.3 is 0 Å². The molecule has 3 rings (SSSR count). The van der Waals surface area contributed by atoms with Crippen LogP contribution in [0.4, 0.5) is 0 Å². The summed E-state index contributed by atoms with van der Waals surface area (Å²) in [5, 5.41) is 6.80. The molecule has 1 saturated heterocycles. The van der Waals surface area contributed by atoms with Gasteiger partial charge < -0.3 is 20.1 Å². The van der Waals surface area contributed by atoms with Gasteiger partial charge in [0.2, 0.25) is 0 Å². The minimum absolute atomic E-state index is 0.495. The summed E-state index contributed by atoms with van der Waals surface area (Å²) in [6, 6.07) is 10.7. The molecule has 1 aliphatic heterocycles. The predicted molar refractivity (Wildman–Crippen MR) is 116 cm³/mol. The molecule has 1 aliphatic rings. The van der Waals surface area contributed by atoms with Crippen molar-refractivity contribution in [3.05, 3.63) is 51.2 Å². The summed E-state index contributed by atoms with van der Waals surface area (Å²) in [4.78, 5) is 7.07. The highest BCUT2D eigenvalue weighted by molar-refractivity contribution is 7.11. The fourth-order valence-electron chi connectivity index (χ4n) is 3.14. The smallest absolute Gasteiger partial charge is 0.191 e. The number of aliphatic imine (C=N–C) groups is 1. The minimum atomic E-state index is 0.495. The van der Waals surface area contributed by atoms with Gasteiger partial charge in [0, 0.05) is 41.4 Å². The summed E-state index contributed by atoms with van der Waals surface area (Å²) in [5.41, 5.74) is 2.34. The van der Waals surface area contributed by atoms with Gasteiger partial charge in [-0.05, 0) is 43.5 Å². The van der Waals surface area contributed by atoms with E-state index < -0.39 is 0 Å². The van der Waals surface area contributed by atoms with Gasteiger partial charge in [-0.15, -0.1) is 11.3 Å². The van der Waals surface area contributed by atoms with Gasteiger partial charge in [0.05, 0.1) is 19.8 Å². The highest BCUT2D eigenvalue weighted by Gasteiger charge is 2.17. The third-order valence-corrected chi connectivity index (χ3v) is 6.12. The van der Waals surface area contributed by atoms with Crippen molar-refractivity contribution in [2.24, 2.45) is 10.9 Å². The minimum Gasteiger partial charge on any atom is -0.493 e. The number of nitrogens with zero attached hydrogens (tertiary/aromatic N) is 1. The zero-order chi connectivity index (χ0) is 19.8. The van der Waals surface area contributed by atoms with Crippen molar-refractivity contribution in [1.29, 1.82) is 0 Å². The molecule has 0 spiro atoms. The van der Waals surface area contributed by atoms with Crippen LogP contribution >= 0.6 is 11.3 Å². The Labute approximate surface area is 172 Å². The number of rotatable bonds is 8.